The van der Waals surface area contributed by atoms with Crippen LogP contribution in [0.25, 0.3) is 16.8 Å². The van der Waals surface area contributed by atoms with E-state index in [1.165, 1.54) is 31.0 Å². The van der Waals surface area contributed by atoms with Gasteiger partial charge in [0.1, 0.15) is 5.75 Å². The molecule has 1 amide bonds. The molecule has 1 fully saturated rings. The van der Waals surface area contributed by atoms with Gasteiger partial charge in [-0.2, -0.15) is 5.10 Å². The lowest BCUT2D eigenvalue weighted by Gasteiger charge is -2.25. The molecule has 2 unspecified atom stereocenters. The van der Waals surface area contributed by atoms with Crippen molar-refractivity contribution in [1.82, 2.24) is 5.43 Å². The van der Waals surface area contributed by atoms with E-state index in [9.17, 15) is 9.90 Å². The number of nitrogens with zero attached hydrogens (tertiary/aromatic N) is 1. The Morgan fingerprint density at radius 2 is 1.78 bits per heavy atom. The second-order valence-electron chi connectivity index (χ2n) is 8.13. The van der Waals surface area contributed by atoms with E-state index in [0.717, 1.165) is 34.7 Å². The van der Waals surface area contributed by atoms with E-state index < -0.39 is 5.91 Å². The largest absolute Gasteiger partial charge is 0.506 e. The molecule has 0 bridgehead atoms. The van der Waals surface area contributed by atoms with Gasteiger partial charge in [0.15, 0.2) is 0 Å². The maximum atomic E-state index is 12.3. The number of aromatic hydroxyl groups is 1. The van der Waals surface area contributed by atoms with E-state index in [-0.39, 0.29) is 16.8 Å². The van der Waals surface area contributed by atoms with E-state index in [1.807, 2.05) is 24.3 Å². The summed E-state index contributed by atoms with van der Waals surface area (Å²) in [5.74, 6) is -0.0546. The fourth-order valence-corrected chi connectivity index (χ4v) is 4.31. The van der Waals surface area contributed by atoms with Crippen LogP contribution in [0.2, 0.25) is 5.02 Å². The predicted octanol–water partition coefficient (Wildman–Crippen LogP) is 5.49. The van der Waals surface area contributed by atoms with Crippen LogP contribution in [0.1, 0.15) is 47.2 Å². The van der Waals surface area contributed by atoms with Crippen LogP contribution < -0.4 is 11.2 Å². The second kappa shape index (κ2) is 9.98. The number of phenolic OH excluding ortho intramolecular Hbond substituents is 1. The highest BCUT2D eigenvalue weighted by molar-refractivity contribution is 6.32. The summed E-state index contributed by atoms with van der Waals surface area (Å²) in [5, 5.41) is 15.9. The van der Waals surface area contributed by atoms with E-state index in [1.54, 1.807) is 6.21 Å². The van der Waals surface area contributed by atoms with Gasteiger partial charge in [0.2, 0.25) is 0 Å². The number of carbonyl (C=O) groups is 1. The third-order valence-electron chi connectivity index (χ3n) is 5.97. The summed E-state index contributed by atoms with van der Waals surface area (Å²) < 4.78 is 0. The number of benzene rings is 3. The summed E-state index contributed by atoms with van der Waals surface area (Å²) in [5.41, 5.74) is 11.2. The quantitative estimate of drug-likeness (QED) is 0.356. The van der Waals surface area contributed by atoms with Crippen LogP contribution in [0.15, 0.2) is 65.8 Å². The Balaban J connectivity index is 1.53. The summed E-state index contributed by atoms with van der Waals surface area (Å²) in [6, 6.07) is 16.7. The Labute approximate surface area is 192 Å². The summed E-state index contributed by atoms with van der Waals surface area (Å²) >= 11 is 5.87. The smallest absolute Gasteiger partial charge is 0.271 e. The van der Waals surface area contributed by atoms with Gasteiger partial charge in [-0.1, -0.05) is 73.0 Å². The zero-order valence-electron chi connectivity index (χ0n) is 17.7. The van der Waals surface area contributed by atoms with Gasteiger partial charge >= 0.3 is 0 Å². The SMILES string of the molecule is NC1CCCCC1/C=C/c1ccc(/C=N/NC(=O)c2ccc(O)c(Cl)c2)c2ccccc12. The standard InChI is InChI=1S/C26H26ClN3O2/c27-23-15-19(13-14-25(23)31)26(32)30-29-16-20-12-10-17(21-6-2-3-7-22(20)21)9-11-18-5-1-4-8-24(18)28/h2-3,6-7,9-16,18,24,31H,1,4-5,8,28H2,(H,30,32)/b11-9+,29-16+. The first-order valence-electron chi connectivity index (χ1n) is 10.8. The van der Waals surface area contributed by atoms with Crippen LogP contribution in [0, 0.1) is 5.92 Å². The van der Waals surface area contributed by atoms with Crippen molar-refractivity contribution in [2.75, 3.05) is 0 Å². The van der Waals surface area contributed by atoms with Crippen molar-refractivity contribution < 1.29 is 9.90 Å². The number of carbonyl (C=O) groups excluding carboxylic acids is 1. The van der Waals surface area contributed by atoms with Gasteiger partial charge in [-0.15, -0.1) is 0 Å². The Bertz CT molecular complexity index is 1190. The summed E-state index contributed by atoms with van der Waals surface area (Å²) in [4.78, 5) is 12.3. The molecule has 3 aromatic carbocycles. The minimum Gasteiger partial charge on any atom is -0.506 e. The Kier molecular flexibility index (Phi) is 6.88. The van der Waals surface area contributed by atoms with Crippen molar-refractivity contribution in [3.05, 3.63) is 82.4 Å². The fourth-order valence-electron chi connectivity index (χ4n) is 4.13. The molecule has 0 heterocycles. The Morgan fingerprint density at radius 3 is 2.53 bits per heavy atom. The van der Waals surface area contributed by atoms with Gasteiger partial charge in [-0.05, 0) is 53.3 Å². The molecule has 0 saturated heterocycles. The first kappa shape index (κ1) is 22.1. The van der Waals surface area contributed by atoms with E-state index in [0.29, 0.717) is 11.5 Å². The van der Waals surface area contributed by atoms with Crippen LogP contribution in [-0.2, 0) is 0 Å². The number of phenols is 1. The van der Waals surface area contributed by atoms with Gasteiger partial charge in [-0.25, -0.2) is 5.43 Å². The van der Waals surface area contributed by atoms with Crippen molar-refractivity contribution in [1.29, 1.82) is 0 Å². The number of fused-ring (bicyclic) bond motifs is 1. The van der Waals surface area contributed by atoms with Gasteiger partial charge in [-0.3, -0.25) is 4.79 Å². The molecule has 0 spiro atoms. The number of rotatable bonds is 5. The normalized spacial score (nSPS) is 19.1. The minimum atomic E-state index is -0.407. The monoisotopic (exact) mass is 447 g/mol. The molecule has 0 aromatic heterocycles. The summed E-state index contributed by atoms with van der Waals surface area (Å²) in [6.07, 6.45) is 10.8. The highest BCUT2D eigenvalue weighted by Gasteiger charge is 2.19. The molecular weight excluding hydrogens is 422 g/mol. The van der Waals surface area contributed by atoms with E-state index >= 15 is 0 Å². The highest BCUT2D eigenvalue weighted by atomic mass is 35.5. The maximum Gasteiger partial charge on any atom is 0.271 e. The number of nitrogens with two attached hydrogens (primary N) is 1. The van der Waals surface area contributed by atoms with Crippen LogP contribution in [-0.4, -0.2) is 23.3 Å². The van der Waals surface area contributed by atoms with Crippen LogP contribution in [0.5, 0.6) is 5.75 Å². The number of hydrazone groups is 1. The van der Waals surface area contributed by atoms with Crippen molar-refractivity contribution >= 4 is 40.6 Å². The number of hydrogen-bond donors (Lipinski definition) is 3. The number of amides is 1. The molecular formula is C26H26ClN3O2. The van der Waals surface area contributed by atoms with Crippen LogP contribution >= 0.6 is 11.6 Å². The number of hydrogen-bond acceptors (Lipinski definition) is 4. The molecule has 4 rings (SSSR count). The lowest BCUT2D eigenvalue weighted by atomic mass is 9.84. The highest BCUT2D eigenvalue weighted by Crippen LogP contribution is 2.27. The molecule has 4 N–H and O–H groups in total. The van der Waals surface area contributed by atoms with E-state index in [2.05, 4.69) is 34.8 Å². The van der Waals surface area contributed by atoms with Gasteiger partial charge in [0, 0.05) is 17.2 Å². The van der Waals surface area contributed by atoms with Crippen molar-refractivity contribution in [2.24, 2.45) is 16.8 Å². The molecule has 3 aromatic rings. The zero-order chi connectivity index (χ0) is 22.5. The minimum absolute atomic E-state index is 0.0715. The zero-order valence-corrected chi connectivity index (χ0v) is 18.4. The topological polar surface area (TPSA) is 87.7 Å². The summed E-state index contributed by atoms with van der Waals surface area (Å²) in [6.45, 7) is 0. The second-order valence-corrected chi connectivity index (χ2v) is 8.53. The Morgan fingerprint density at radius 1 is 1.06 bits per heavy atom. The molecule has 1 aliphatic carbocycles. The number of nitrogens with one attached hydrogen (secondary N) is 1. The van der Waals surface area contributed by atoms with Gasteiger partial charge < -0.3 is 10.8 Å². The first-order chi connectivity index (χ1) is 15.5. The average Bonchev–Trinajstić information content (AvgIpc) is 2.81. The fraction of sp³-hybridized carbons (Fsp3) is 0.231. The molecule has 0 aliphatic heterocycles. The lowest BCUT2D eigenvalue weighted by molar-refractivity contribution is 0.0955. The van der Waals surface area contributed by atoms with Gasteiger partial charge in [0.25, 0.3) is 5.91 Å². The molecule has 32 heavy (non-hydrogen) atoms. The van der Waals surface area contributed by atoms with Crippen LogP contribution in [0.4, 0.5) is 0 Å². The van der Waals surface area contributed by atoms with Gasteiger partial charge in [0.05, 0.1) is 11.2 Å². The van der Waals surface area contributed by atoms with Crippen molar-refractivity contribution in [2.45, 2.75) is 31.7 Å². The third-order valence-corrected chi connectivity index (χ3v) is 6.27. The number of halogens is 1. The molecule has 2 atom stereocenters. The Hall–Kier alpha value is -3.15. The van der Waals surface area contributed by atoms with E-state index in [4.69, 9.17) is 17.3 Å². The molecule has 1 saturated carbocycles. The molecule has 0 radical (unpaired) electrons. The average molecular weight is 448 g/mol. The summed E-state index contributed by atoms with van der Waals surface area (Å²) in [7, 11) is 0. The lowest BCUT2D eigenvalue weighted by Crippen LogP contribution is -2.31. The maximum absolute atomic E-state index is 12.3. The molecule has 164 valence electrons. The third kappa shape index (κ3) is 5.01. The molecule has 1 aliphatic rings. The molecule has 5 nitrogen and oxygen atoms in total. The molecule has 6 heteroatoms. The first-order valence-corrected chi connectivity index (χ1v) is 11.2. The van der Waals surface area contributed by atoms with Crippen LogP contribution in [0.3, 0.4) is 0 Å². The van der Waals surface area contributed by atoms with Crippen molar-refractivity contribution in [3.8, 4) is 5.75 Å². The predicted molar refractivity (Wildman–Crippen MR) is 131 cm³/mol. The van der Waals surface area contributed by atoms with Crippen molar-refractivity contribution in [3.63, 3.8) is 0 Å².